The van der Waals surface area contributed by atoms with E-state index in [1.165, 1.54) is 0 Å². The molecule has 0 aromatic heterocycles. The lowest BCUT2D eigenvalue weighted by atomic mass is 9.83. The van der Waals surface area contributed by atoms with E-state index >= 15 is 0 Å². The number of amides is 1. The number of carbonyl (C=O) groups excluding carboxylic acids is 1. The molecule has 3 saturated heterocycles. The number of aliphatic hydroxyl groups excluding tert-OH is 7. The Hall–Kier alpha value is -1.43. The lowest BCUT2D eigenvalue weighted by molar-refractivity contribution is -0.317. The second kappa shape index (κ2) is 17.1. The standard InChI is InChI=1S/C27H51F2N7O14/c28-27(29,6-32)22(43)23(44)36-9-2-8(33)19(48-24-13(34)10(38)1-7(3-30)45-24)20(15(9)39)49-26-21(17(41)12(5-37)47-26)50-25-14(35)18(42)16(40)11(4-31)46-25/h7-22,24-26,37-43H,1-6,30-35H2,(H,36,44)/t7-,8-,9+,10+,11-,12+,13+,14+,15-,16+,17+,18+,19+,20+,21+,22+,24+,25+,26-/m0/s1. The number of nitrogens with two attached hydrogens (primary N) is 6. The molecule has 0 radical (unpaired) electrons. The van der Waals surface area contributed by atoms with Crippen molar-refractivity contribution in [2.45, 2.75) is 135 Å². The molecule has 1 saturated carbocycles. The van der Waals surface area contributed by atoms with E-state index in [-0.39, 0.29) is 25.9 Å². The Morgan fingerprint density at radius 3 is 1.98 bits per heavy atom. The third kappa shape index (κ3) is 8.68. The molecule has 50 heavy (non-hydrogen) atoms. The molecule has 292 valence electrons. The van der Waals surface area contributed by atoms with Gasteiger partial charge in [0.05, 0.1) is 43.5 Å². The van der Waals surface area contributed by atoms with Crippen LogP contribution in [0.15, 0.2) is 0 Å². The van der Waals surface area contributed by atoms with Crippen molar-refractivity contribution in [2.24, 2.45) is 34.4 Å². The number of ether oxygens (including phenoxy) is 6. The SMILES string of the molecule is NC[C@@H]1C[C@@H](O)[C@@H](N)[C@@H](O[C@H]2[C@H](O[C@@H]3O[C@H](CO)[C@@H](O)[C@H]3O[C@H]3O[C@@H](CN)[C@@H](O)[C@H](O)[C@H]3N)[C@@H](O)[C@H](NC(=O)[C@@H](O)C(F)(F)CN)C[C@@H]2N)O1. The van der Waals surface area contributed by atoms with Crippen LogP contribution in [-0.4, -0.2) is 190 Å². The van der Waals surface area contributed by atoms with Crippen molar-refractivity contribution in [1.29, 1.82) is 0 Å². The summed E-state index contributed by atoms with van der Waals surface area (Å²) in [5, 5.41) is 75.7. The smallest absolute Gasteiger partial charge is 0.294 e. The molecule has 0 aromatic carbocycles. The lowest BCUT2D eigenvalue weighted by Crippen LogP contribution is -2.68. The predicted molar refractivity (Wildman–Crippen MR) is 161 cm³/mol. The monoisotopic (exact) mass is 735 g/mol. The van der Waals surface area contributed by atoms with Crippen LogP contribution < -0.4 is 39.7 Å². The Morgan fingerprint density at radius 1 is 0.780 bits per heavy atom. The molecule has 0 spiro atoms. The summed E-state index contributed by atoms with van der Waals surface area (Å²) in [5.41, 5.74) is 34.9. The normalized spacial score (nSPS) is 46.5. The maximum absolute atomic E-state index is 14.0. The summed E-state index contributed by atoms with van der Waals surface area (Å²) < 4.78 is 63.2. The Bertz CT molecular complexity index is 1110. The van der Waals surface area contributed by atoms with E-state index in [4.69, 9.17) is 62.8 Å². The van der Waals surface area contributed by atoms with Gasteiger partial charge in [-0.1, -0.05) is 0 Å². The molecule has 21 nitrogen and oxygen atoms in total. The van der Waals surface area contributed by atoms with Crippen LogP contribution in [0.25, 0.3) is 0 Å². The summed E-state index contributed by atoms with van der Waals surface area (Å²) >= 11 is 0. The van der Waals surface area contributed by atoms with Gasteiger partial charge in [-0.3, -0.25) is 4.79 Å². The number of carbonyl (C=O) groups is 1. The van der Waals surface area contributed by atoms with E-state index in [9.17, 15) is 49.3 Å². The van der Waals surface area contributed by atoms with Gasteiger partial charge in [0.15, 0.2) is 25.0 Å². The molecule has 4 rings (SSSR count). The maximum atomic E-state index is 14.0. The molecule has 23 heteroatoms. The molecule has 3 aliphatic heterocycles. The van der Waals surface area contributed by atoms with E-state index in [0.717, 1.165) is 0 Å². The summed E-state index contributed by atoms with van der Waals surface area (Å²) in [6.07, 6.45) is -23.4. The van der Waals surface area contributed by atoms with Crippen molar-refractivity contribution in [3.63, 3.8) is 0 Å². The van der Waals surface area contributed by atoms with Crippen LogP contribution in [-0.2, 0) is 33.2 Å². The van der Waals surface area contributed by atoms with E-state index in [1.807, 2.05) is 0 Å². The van der Waals surface area contributed by atoms with Crippen molar-refractivity contribution >= 4 is 5.91 Å². The van der Waals surface area contributed by atoms with E-state index < -0.39 is 141 Å². The van der Waals surface area contributed by atoms with E-state index in [2.05, 4.69) is 5.32 Å². The van der Waals surface area contributed by atoms with Gasteiger partial charge in [-0.2, -0.15) is 0 Å². The minimum absolute atomic E-state index is 0.0235. The fourth-order valence-electron chi connectivity index (χ4n) is 6.34. The maximum Gasteiger partial charge on any atom is 0.294 e. The van der Waals surface area contributed by atoms with Crippen molar-refractivity contribution in [1.82, 2.24) is 5.32 Å². The van der Waals surface area contributed by atoms with Gasteiger partial charge < -0.3 is 104 Å². The fourth-order valence-corrected chi connectivity index (χ4v) is 6.34. The zero-order valence-corrected chi connectivity index (χ0v) is 26.9. The third-order valence-electron chi connectivity index (χ3n) is 9.45. The molecule has 4 aliphatic rings. The number of rotatable bonds is 13. The van der Waals surface area contributed by atoms with Gasteiger partial charge in [-0.25, -0.2) is 8.78 Å². The molecular formula is C27H51F2N7O14. The molecular weight excluding hydrogens is 684 g/mol. The minimum Gasteiger partial charge on any atom is -0.394 e. The summed E-state index contributed by atoms with van der Waals surface area (Å²) in [7, 11) is 0. The zero-order valence-electron chi connectivity index (χ0n) is 26.9. The molecule has 1 amide bonds. The van der Waals surface area contributed by atoms with Crippen molar-refractivity contribution in [3.05, 3.63) is 0 Å². The highest BCUT2D eigenvalue weighted by molar-refractivity contribution is 5.82. The number of alkyl halides is 2. The third-order valence-corrected chi connectivity index (χ3v) is 9.45. The largest absolute Gasteiger partial charge is 0.394 e. The fraction of sp³-hybridized carbons (Fsp3) is 0.963. The topological polar surface area (TPSA) is 382 Å². The summed E-state index contributed by atoms with van der Waals surface area (Å²) in [4.78, 5) is 12.6. The van der Waals surface area contributed by atoms with Gasteiger partial charge in [0.1, 0.15) is 54.9 Å². The first-order valence-electron chi connectivity index (χ1n) is 16.2. The molecule has 0 aromatic rings. The van der Waals surface area contributed by atoms with Gasteiger partial charge in [0.25, 0.3) is 11.8 Å². The highest BCUT2D eigenvalue weighted by Gasteiger charge is 2.55. The van der Waals surface area contributed by atoms with Crippen LogP contribution in [0.5, 0.6) is 0 Å². The minimum atomic E-state index is -4.02. The van der Waals surface area contributed by atoms with E-state index in [1.54, 1.807) is 0 Å². The molecule has 0 bridgehead atoms. The Labute approximate surface area is 285 Å². The zero-order chi connectivity index (χ0) is 37.2. The second-order valence-electron chi connectivity index (χ2n) is 13.0. The predicted octanol–water partition coefficient (Wildman–Crippen LogP) is -8.75. The summed E-state index contributed by atoms with van der Waals surface area (Å²) in [6, 6.07) is -5.20. The number of nitrogens with one attached hydrogen (secondary N) is 1. The van der Waals surface area contributed by atoms with Crippen LogP contribution in [0.3, 0.4) is 0 Å². The van der Waals surface area contributed by atoms with Crippen LogP contribution in [0, 0.1) is 0 Å². The number of halogens is 2. The number of hydrogen-bond acceptors (Lipinski definition) is 20. The highest BCUT2D eigenvalue weighted by Crippen LogP contribution is 2.35. The van der Waals surface area contributed by atoms with Crippen LogP contribution in [0.4, 0.5) is 8.78 Å². The Balaban J connectivity index is 1.63. The Morgan fingerprint density at radius 2 is 1.38 bits per heavy atom. The summed E-state index contributed by atoms with van der Waals surface area (Å²) in [6.45, 7) is -2.42. The lowest BCUT2D eigenvalue weighted by Gasteiger charge is -2.47. The average Bonchev–Trinajstić information content (AvgIpc) is 3.39. The van der Waals surface area contributed by atoms with Crippen LogP contribution in [0.1, 0.15) is 12.8 Å². The quantitative estimate of drug-likeness (QED) is 0.0834. The van der Waals surface area contributed by atoms with Crippen LogP contribution in [0.2, 0.25) is 0 Å². The first-order valence-corrected chi connectivity index (χ1v) is 16.2. The van der Waals surface area contributed by atoms with Gasteiger partial charge in [-0.15, -0.1) is 0 Å². The van der Waals surface area contributed by atoms with Gasteiger partial charge in [0, 0.05) is 25.6 Å². The number of hydrogen-bond donors (Lipinski definition) is 14. The van der Waals surface area contributed by atoms with E-state index in [0.29, 0.717) is 0 Å². The average molecular weight is 736 g/mol. The number of aliphatic hydroxyl groups is 7. The molecule has 20 N–H and O–H groups in total. The Kier molecular flexibility index (Phi) is 14.2. The first-order chi connectivity index (χ1) is 23.5. The molecule has 4 fully saturated rings. The van der Waals surface area contributed by atoms with Gasteiger partial charge >= 0.3 is 0 Å². The summed E-state index contributed by atoms with van der Waals surface area (Å²) in [5.74, 6) is -5.61. The van der Waals surface area contributed by atoms with Crippen LogP contribution >= 0.6 is 0 Å². The molecule has 1 aliphatic carbocycles. The van der Waals surface area contributed by atoms with Gasteiger partial charge in [-0.05, 0) is 6.42 Å². The first kappa shape index (κ1) is 41.3. The van der Waals surface area contributed by atoms with Crippen molar-refractivity contribution in [2.75, 3.05) is 26.2 Å². The molecule has 3 heterocycles. The highest BCUT2D eigenvalue weighted by atomic mass is 19.3. The van der Waals surface area contributed by atoms with Gasteiger partial charge in [0.2, 0.25) is 0 Å². The molecule has 19 atom stereocenters. The molecule has 0 unspecified atom stereocenters. The second-order valence-corrected chi connectivity index (χ2v) is 13.0. The van der Waals surface area contributed by atoms with Crippen molar-refractivity contribution < 1.29 is 77.7 Å². The van der Waals surface area contributed by atoms with Crippen molar-refractivity contribution in [3.8, 4) is 0 Å².